The highest BCUT2D eigenvalue weighted by Gasteiger charge is 2.19. The first-order valence-electron chi connectivity index (χ1n) is 19.3. The number of H-pyrrole nitrogens is 2. The van der Waals surface area contributed by atoms with Crippen LogP contribution in [-0.2, 0) is 0 Å². The lowest BCUT2D eigenvalue weighted by atomic mass is 10.0. The summed E-state index contributed by atoms with van der Waals surface area (Å²) in [5.74, 6) is 0.790. The van der Waals surface area contributed by atoms with E-state index in [0.29, 0.717) is 0 Å². The molecule has 7 aromatic rings. The molecule has 56 heavy (non-hydrogen) atoms. The number of rotatable bonds is 10. The minimum atomic E-state index is 0.790. The third kappa shape index (κ3) is 6.85. The molecule has 6 heteroatoms. The van der Waals surface area contributed by atoms with Gasteiger partial charge >= 0.3 is 0 Å². The smallest absolute Gasteiger partial charge is 0.0957 e. The lowest BCUT2D eigenvalue weighted by Gasteiger charge is -2.12. The molecule has 0 amide bonds. The number of hydrogen-bond donors (Lipinski definition) is 4. The Bertz CT molecular complexity index is 2740. The van der Waals surface area contributed by atoms with Crippen LogP contribution in [0.5, 0.6) is 0 Å². The molecule has 0 spiro atoms. The molecule has 0 atom stereocenters. The number of nitrogens with zero attached hydrogens (tertiary/aromatic N) is 2. The van der Waals surface area contributed by atoms with Gasteiger partial charge in [-0.3, -0.25) is 0 Å². The predicted molar refractivity (Wildman–Crippen MR) is 236 cm³/mol. The molecular weight excluding hydrogens is 685 g/mol. The van der Waals surface area contributed by atoms with Crippen molar-refractivity contribution >= 4 is 52.1 Å². The van der Waals surface area contributed by atoms with Gasteiger partial charge in [0, 0.05) is 56.6 Å². The maximum Gasteiger partial charge on any atom is 0.0957 e. The molecule has 0 saturated heterocycles. The van der Waals surface area contributed by atoms with Gasteiger partial charge in [-0.2, -0.15) is 0 Å². The van der Waals surface area contributed by atoms with Crippen LogP contribution >= 0.6 is 0 Å². The van der Waals surface area contributed by atoms with Crippen LogP contribution in [0, 0.1) is 0 Å². The van der Waals surface area contributed by atoms with Crippen LogP contribution in [0.25, 0.3) is 90.9 Å². The number of benzene rings is 4. The standard InChI is InChI=1S/C50H42N6/c1-3-4-32-51-33(2)52-38-22-20-37(21-23-38)50-45-30-28-43(55-45)48(35-16-10-6-11-17-35)41-26-24-39(53-41)47(34-14-8-5-9-15-34)40-25-27-42(54-40)49(36-18-12-7-13-19-36)44-29-31-46(50)56-44/h5-31,51-53,56H,2-4,32H2,1H3. The summed E-state index contributed by atoms with van der Waals surface area (Å²) in [6.45, 7) is 7.25. The van der Waals surface area contributed by atoms with Crippen LogP contribution < -0.4 is 10.6 Å². The summed E-state index contributed by atoms with van der Waals surface area (Å²) in [6, 6.07) is 48.7. The van der Waals surface area contributed by atoms with Gasteiger partial charge < -0.3 is 20.6 Å². The van der Waals surface area contributed by atoms with Gasteiger partial charge in [0.25, 0.3) is 0 Å². The normalized spacial score (nSPS) is 11.8. The Morgan fingerprint density at radius 3 is 1.20 bits per heavy atom. The zero-order chi connectivity index (χ0) is 37.8. The van der Waals surface area contributed by atoms with Gasteiger partial charge in [0.1, 0.15) is 0 Å². The molecule has 9 rings (SSSR count). The van der Waals surface area contributed by atoms with E-state index in [2.05, 4.69) is 180 Å². The Kier molecular flexibility index (Phi) is 9.44. The van der Waals surface area contributed by atoms with Crippen LogP contribution in [0.1, 0.15) is 42.5 Å². The first-order valence-corrected chi connectivity index (χ1v) is 19.3. The Labute approximate surface area is 327 Å². The van der Waals surface area contributed by atoms with E-state index in [0.717, 1.165) is 120 Å². The zero-order valence-corrected chi connectivity index (χ0v) is 31.3. The van der Waals surface area contributed by atoms with Gasteiger partial charge in [0.2, 0.25) is 0 Å². The summed E-state index contributed by atoms with van der Waals surface area (Å²) in [5.41, 5.74) is 16.8. The Balaban J connectivity index is 1.34. The van der Waals surface area contributed by atoms with Crippen molar-refractivity contribution in [2.24, 2.45) is 0 Å². The first-order chi connectivity index (χ1) is 27.6. The van der Waals surface area contributed by atoms with Crippen LogP contribution in [0.3, 0.4) is 0 Å². The molecule has 0 aliphatic carbocycles. The van der Waals surface area contributed by atoms with Gasteiger partial charge in [-0.05, 0) is 89.4 Å². The van der Waals surface area contributed by atoms with Crippen molar-refractivity contribution in [2.75, 3.05) is 11.9 Å². The second kappa shape index (κ2) is 15.3. The summed E-state index contributed by atoms with van der Waals surface area (Å²) in [7, 11) is 0. The molecule has 5 heterocycles. The largest absolute Gasteiger partial charge is 0.372 e. The number of nitrogens with one attached hydrogen (secondary N) is 4. The molecule has 4 aromatic carbocycles. The average Bonchev–Trinajstić information content (AvgIpc) is 4.08. The van der Waals surface area contributed by atoms with Crippen molar-refractivity contribution in [1.29, 1.82) is 0 Å². The number of hydrogen-bond acceptors (Lipinski definition) is 4. The van der Waals surface area contributed by atoms with Crippen molar-refractivity contribution in [3.8, 4) is 44.5 Å². The third-order valence-corrected chi connectivity index (χ3v) is 10.3. The van der Waals surface area contributed by atoms with Gasteiger partial charge in [-0.15, -0.1) is 0 Å². The quantitative estimate of drug-likeness (QED) is 0.106. The van der Waals surface area contributed by atoms with E-state index >= 15 is 0 Å². The maximum absolute atomic E-state index is 5.42. The summed E-state index contributed by atoms with van der Waals surface area (Å²) >= 11 is 0. The fourth-order valence-electron chi connectivity index (χ4n) is 7.59. The van der Waals surface area contributed by atoms with E-state index in [1.54, 1.807) is 0 Å². The van der Waals surface area contributed by atoms with Crippen molar-refractivity contribution in [3.05, 3.63) is 175 Å². The molecule has 0 radical (unpaired) electrons. The third-order valence-electron chi connectivity index (χ3n) is 10.3. The summed E-state index contributed by atoms with van der Waals surface area (Å²) in [4.78, 5) is 18.5. The molecule has 0 fully saturated rings. The molecule has 6 nitrogen and oxygen atoms in total. The lowest BCUT2D eigenvalue weighted by Crippen LogP contribution is -2.19. The van der Waals surface area contributed by atoms with E-state index < -0.39 is 0 Å². The number of aromatic nitrogens is 4. The van der Waals surface area contributed by atoms with Crippen molar-refractivity contribution in [2.45, 2.75) is 19.8 Å². The van der Waals surface area contributed by atoms with E-state index in [-0.39, 0.29) is 0 Å². The van der Waals surface area contributed by atoms with E-state index in [1.807, 2.05) is 18.2 Å². The van der Waals surface area contributed by atoms with Crippen molar-refractivity contribution < 1.29 is 0 Å². The molecule has 0 unspecified atom stereocenters. The van der Waals surface area contributed by atoms with E-state index in [4.69, 9.17) is 9.97 Å². The predicted octanol–water partition coefficient (Wildman–Crippen LogP) is 12.6. The number of anilines is 1. The van der Waals surface area contributed by atoms with Crippen molar-refractivity contribution in [1.82, 2.24) is 25.3 Å². The number of fused-ring (bicyclic) bond motifs is 8. The van der Waals surface area contributed by atoms with Crippen LogP contribution in [0.4, 0.5) is 5.69 Å². The second-order valence-corrected chi connectivity index (χ2v) is 14.1. The van der Waals surface area contributed by atoms with E-state index in [9.17, 15) is 0 Å². The Hall–Kier alpha value is -7.18. The second-order valence-electron chi connectivity index (χ2n) is 14.1. The minimum absolute atomic E-state index is 0.790. The summed E-state index contributed by atoms with van der Waals surface area (Å²) < 4.78 is 0. The Morgan fingerprint density at radius 1 is 0.482 bits per heavy atom. The molecule has 2 aliphatic rings. The fraction of sp³-hybridized carbons (Fsp3) is 0.0800. The number of unbranched alkanes of at least 4 members (excludes halogenated alkanes) is 1. The van der Waals surface area contributed by atoms with Crippen LogP contribution in [0.15, 0.2) is 152 Å². The highest BCUT2D eigenvalue weighted by Crippen LogP contribution is 2.38. The van der Waals surface area contributed by atoms with E-state index in [1.165, 1.54) is 0 Å². The molecule has 3 aromatic heterocycles. The number of aromatic amines is 2. The van der Waals surface area contributed by atoms with Gasteiger partial charge in [0.15, 0.2) is 0 Å². The lowest BCUT2D eigenvalue weighted by molar-refractivity contribution is 0.714. The molecule has 4 N–H and O–H groups in total. The maximum atomic E-state index is 5.42. The van der Waals surface area contributed by atoms with Gasteiger partial charge in [0.05, 0.1) is 28.6 Å². The summed E-state index contributed by atoms with van der Waals surface area (Å²) in [5, 5.41) is 6.79. The highest BCUT2D eigenvalue weighted by atomic mass is 15.1. The zero-order valence-electron chi connectivity index (χ0n) is 31.3. The monoisotopic (exact) mass is 726 g/mol. The highest BCUT2D eigenvalue weighted by molar-refractivity contribution is 5.99. The molecule has 0 saturated carbocycles. The molecule has 272 valence electrons. The molecule has 8 bridgehead atoms. The average molecular weight is 727 g/mol. The van der Waals surface area contributed by atoms with Gasteiger partial charge in [-0.25, -0.2) is 9.97 Å². The topological polar surface area (TPSA) is 81.4 Å². The molecular formula is C50H42N6. The summed E-state index contributed by atoms with van der Waals surface area (Å²) in [6.07, 6.45) is 10.8. The van der Waals surface area contributed by atoms with Crippen molar-refractivity contribution in [3.63, 3.8) is 0 Å². The first kappa shape index (κ1) is 34.6. The molecule has 2 aliphatic heterocycles. The van der Waals surface area contributed by atoms with Crippen LogP contribution in [0.2, 0.25) is 0 Å². The minimum Gasteiger partial charge on any atom is -0.372 e. The Morgan fingerprint density at radius 2 is 0.839 bits per heavy atom. The van der Waals surface area contributed by atoms with Crippen LogP contribution in [-0.4, -0.2) is 26.5 Å². The van der Waals surface area contributed by atoms with Gasteiger partial charge in [-0.1, -0.05) is 123 Å². The SMILES string of the molecule is C=C(NCCCC)Nc1ccc(-c2c3nc(c(-c4ccccc4)c4ccc([nH]4)c(-c4ccccc4)c4nc(c(-c5ccccc5)c5ccc2[nH]5)C=C4)C=C3)cc1. The fourth-order valence-corrected chi connectivity index (χ4v) is 7.59.